The minimum Gasteiger partial charge on any atom is -0.378 e. The molecule has 0 atom stereocenters. The molecular weight excluding hydrogens is 477 g/mol. The fourth-order valence-electron chi connectivity index (χ4n) is 4.40. The van der Waals surface area contributed by atoms with Crippen LogP contribution in [0.15, 0.2) is 59.9 Å². The Hall–Kier alpha value is -1.61. The van der Waals surface area contributed by atoms with Crippen molar-refractivity contribution in [1.29, 1.82) is 0 Å². The molecule has 0 bridgehead atoms. The Labute approximate surface area is 213 Å². The largest absolute Gasteiger partial charge is 0.378 e. The SMILES string of the molecule is CN(C)c1ccc(/C=C/[Si](C)(C)[Si](C)(C)[Si](C)(C)[Si](C)(C)/C=C/c2ccc(N(C)C)cc2)cc1. The van der Waals surface area contributed by atoms with Crippen LogP contribution in [0.25, 0.3) is 12.2 Å². The zero-order valence-corrected chi connectivity index (χ0v) is 27.8. The zero-order valence-electron chi connectivity index (χ0n) is 23.8. The average Bonchev–Trinajstić information content (AvgIpc) is 2.76. The molecule has 6 heteroatoms. The van der Waals surface area contributed by atoms with Crippen molar-refractivity contribution in [3.05, 3.63) is 71.1 Å². The van der Waals surface area contributed by atoms with Crippen molar-refractivity contribution in [2.75, 3.05) is 38.0 Å². The summed E-state index contributed by atoms with van der Waals surface area (Å²) in [6.07, 6.45) is 4.84. The fourth-order valence-corrected chi connectivity index (χ4v) is 70.2. The van der Waals surface area contributed by atoms with Crippen molar-refractivity contribution in [3.8, 4) is 0 Å². The van der Waals surface area contributed by atoms with E-state index >= 15 is 0 Å². The van der Waals surface area contributed by atoms with Crippen LogP contribution >= 0.6 is 0 Å². The molecule has 0 aliphatic carbocycles. The Balaban J connectivity index is 2.27. The van der Waals surface area contributed by atoms with Crippen LogP contribution in [-0.4, -0.2) is 57.6 Å². The van der Waals surface area contributed by atoms with E-state index in [0.29, 0.717) is 0 Å². The van der Waals surface area contributed by atoms with Crippen molar-refractivity contribution in [3.63, 3.8) is 0 Å². The normalized spacial score (nSPS) is 13.6. The van der Waals surface area contributed by atoms with Gasteiger partial charge in [0.15, 0.2) is 0 Å². The Bertz CT molecular complexity index is 916. The lowest BCUT2D eigenvalue weighted by molar-refractivity contribution is 1.13. The Morgan fingerprint density at radius 2 is 0.735 bits per heavy atom. The summed E-state index contributed by atoms with van der Waals surface area (Å²) in [5.41, 5.74) is 10.5. The van der Waals surface area contributed by atoms with E-state index in [-0.39, 0.29) is 0 Å². The van der Waals surface area contributed by atoms with Crippen LogP contribution < -0.4 is 9.80 Å². The second-order valence-electron chi connectivity index (χ2n) is 12.3. The van der Waals surface area contributed by atoms with Gasteiger partial charge in [-0.1, -0.05) is 100 Å². The van der Waals surface area contributed by atoms with Gasteiger partial charge >= 0.3 is 0 Å². The second kappa shape index (κ2) is 10.6. The third-order valence-electron chi connectivity index (χ3n) is 8.99. The second-order valence-corrected chi connectivity index (χ2v) is 52.1. The Kier molecular flexibility index (Phi) is 8.89. The van der Waals surface area contributed by atoms with Crippen molar-refractivity contribution in [1.82, 2.24) is 0 Å². The number of nitrogens with zero attached hydrogens (tertiary/aromatic N) is 2. The van der Waals surface area contributed by atoms with Gasteiger partial charge in [-0.05, 0) is 35.4 Å². The molecule has 0 spiro atoms. The Morgan fingerprint density at radius 1 is 0.471 bits per heavy atom. The fraction of sp³-hybridized carbons (Fsp3) is 0.429. The molecule has 0 saturated carbocycles. The summed E-state index contributed by atoms with van der Waals surface area (Å²) in [6, 6.07) is 17.9. The molecule has 2 rings (SSSR count). The lowest BCUT2D eigenvalue weighted by Crippen LogP contribution is -2.78. The van der Waals surface area contributed by atoms with E-state index in [0.717, 1.165) is 0 Å². The van der Waals surface area contributed by atoms with Crippen LogP contribution in [0.4, 0.5) is 11.4 Å². The van der Waals surface area contributed by atoms with E-state index < -0.39 is 29.4 Å². The highest BCUT2D eigenvalue weighted by Crippen LogP contribution is 2.37. The number of hydrogen-bond donors (Lipinski definition) is 0. The number of rotatable bonds is 9. The molecule has 0 saturated heterocycles. The molecule has 0 unspecified atom stereocenters. The smallest absolute Gasteiger partial charge is 0.0620 e. The van der Waals surface area contributed by atoms with Crippen LogP contribution in [0.3, 0.4) is 0 Å². The molecule has 34 heavy (non-hydrogen) atoms. The lowest BCUT2D eigenvalue weighted by atomic mass is 10.2. The molecule has 0 heterocycles. The van der Waals surface area contributed by atoms with E-state index in [1.165, 1.54) is 22.5 Å². The van der Waals surface area contributed by atoms with Crippen LogP contribution in [-0.2, 0) is 0 Å². The van der Waals surface area contributed by atoms with Crippen molar-refractivity contribution in [2.45, 2.75) is 52.4 Å². The first kappa shape index (κ1) is 28.6. The van der Waals surface area contributed by atoms with E-state index in [2.05, 4.69) is 162 Å². The maximum atomic E-state index is 2.72. The van der Waals surface area contributed by atoms with Gasteiger partial charge < -0.3 is 9.80 Å². The maximum Gasteiger partial charge on any atom is 0.0620 e. The van der Waals surface area contributed by atoms with Gasteiger partial charge in [0, 0.05) is 53.8 Å². The topological polar surface area (TPSA) is 6.48 Å². The highest BCUT2D eigenvalue weighted by molar-refractivity contribution is 7.84. The first-order chi connectivity index (χ1) is 15.5. The van der Waals surface area contributed by atoms with Crippen LogP contribution in [0.1, 0.15) is 11.1 Å². The first-order valence-electron chi connectivity index (χ1n) is 12.5. The molecule has 2 nitrogen and oxygen atoms in total. The van der Waals surface area contributed by atoms with Crippen molar-refractivity contribution >= 4 is 52.9 Å². The molecule has 186 valence electrons. The Morgan fingerprint density at radius 3 is 0.971 bits per heavy atom. The van der Waals surface area contributed by atoms with Gasteiger partial charge in [0.2, 0.25) is 0 Å². The summed E-state index contributed by atoms with van der Waals surface area (Å²) < 4.78 is 0. The average molecular weight is 525 g/mol. The van der Waals surface area contributed by atoms with Gasteiger partial charge in [-0.25, -0.2) is 0 Å². The van der Waals surface area contributed by atoms with Crippen LogP contribution in [0, 0.1) is 0 Å². The van der Waals surface area contributed by atoms with E-state index in [4.69, 9.17) is 0 Å². The molecule has 0 fully saturated rings. The molecular formula is C28H48N2Si4. The summed E-state index contributed by atoms with van der Waals surface area (Å²) >= 11 is 0. The van der Waals surface area contributed by atoms with Crippen LogP contribution in [0.5, 0.6) is 0 Å². The predicted octanol–water partition coefficient (Wildman–Crippen LogP) is 7.69. The summed E-state index contributed by atoms with van der Waals surface area (Å²) in [7, 11) is 2.45. The third-order valence-corrected chi connectivity index (χ3v) is 75.4. The summed E-state index contributed by atoms with van der Waals surface area (Å²) in [6.45, 7) is 21.4. The number of hydrogen-bond acceptors (Lipinski definition) is 2. The van der Waals surface area contributed by atoms with Crippen molar-refractivity contribution in [2.24, 2.45) is 0 Å². The maximum absolute atomic E-state index is 2.72. The monoisotopic (exact) mass is 524 g/mol. The van der Waals surface area contributed by atoms with E-state index in [1.807, 2.05) is 0 Å². The summed E-state index contributed by atoms with van der Waals surface area (Å²) in [4.78, 5) is 4.32. The highest BCUT2D eigenvalue weighted by atomic mass is 29.8. The molecule has 0 aliphatic rings. The molecule has 0 aromatic heterocycles. The van der Waals surface area contributed by atoms with Crippen molar-refractivity contribution < 1.29 is 0 Å². The minimum atomic E-state index is -1.52. The van der Waals surface area contributed by atoms with Gasteiger partial charge in [-0.15, -0.1) is 0 Å². The standard InChI is InChI=1S/C28H48N2Si4/c1-29(2)27-17-13-25(14-18-27)21-23-31(5,6)33(9,10)34(11,12)32(7,8)24-22-26-15-19-28(20-16-26)30(3)4/h13-24H,1-12H3/b23-21+,24-22+. The number of anilines is 2. The molecule has 2 aromatic rings. The van der Waals surface area contributed by atoms with Gasteiger partial charge in [0.25, 0.3) is 0 Å². The highest BCUT2D eigenvalue weighted by Gasteiger charge is 2.57. The van der Waals surface area contributed by atoms with Gasteiger partial charge in [0.05, 0.1) is 15.2 Å². The quantitative estimate of drug-likeness (QED) is 0.310. The van der Waals surface area contributed by atoms with Gasteiger partial charge in [-0.2, -0.15) is 0 Å². The van der Waals surface area contributed by atoms with E-state index in [1.54, 1.807) is 0 Å². The lowest BCUT2D eigenvalue weighted by Gasteiger charge is -2.53. The molecule has 0 radical (unpaired) electrons. The zero-order chi connectivity index (χ0) is 25.9. The van der Waals surface area contributed by atoms with Crippen LogP contribution in [0.2, 0.25) is 52.4 Å². The van der Waals surface area contributed by atoms with Gasteiger partial charge in [0.1, 0.15) is 0 Å². The molecule has 2 aromatic carbocycles. The summed E-state index contributed by atoms with van der Waals surface area (Å²) in [5, 5.41) is 0. The molecule has 0 N–H and O–H groups in total. The molecule has 0 amide bonds. The number of benzene rings is 2. The predicted molar refractivity (Wildman–Crippen MR) is 170 cm³/mol. The van der Waals surface area contributed by atoms with E-state index in [9.17, 15) is 0 Å². The van der Waals surface area contributed by atoms with Gasteiger partial charge in [-0.3, -0.25) is 0 Å². The minimum absolute atomic E-state index is 1.26. The third kappa shape index (κ3) is 6.14. The molecule has 0 aliphatic heterocycles. The summed E-state index contributed by atoms with van der Waals surface area (Å²) in [5.74, 6) is 0. The first-order valence-corrected chi connectivity index (χ1v) is 27.6.